The standard InChI is InChI=1S/C19H14BrN5O3/c1-24-17-5-3-2-4-16(17)22-19(24)23-21-11-13-7-9-18(28-13)14-8-6-12(25(26)27)10-15(14)20/h2-11H,1H3,(H,22,23)/b21-11-. The molecule has 0 saturated heterocycles. The number of imidazole rings is 1. The van der Waals surface area contributed by atoms with Crippen molar-refractivity contribution in [1.29, 1.82) is 0 Å². The number of aryl methyl sites for hydroxylation is 1. The zero-order valence-electron chi connectivity index (χ0n) is 14.7. The van der Waals surface area contributed by atoms with E-state index in [2.05, 4.69) is 31.4 Å². The second-order valence-electron chi connectivity index (χ2n) is 5.98. The van der Waals surface area contributed by atoms with Crippen molar-refractivity contribution in [3.63, 3.8) is 0 Å². The van der Waals surface area contributed by atoms with Gasteiger partial charge in [0.1, 0.15) is 11.5 Å². The molecule has 0 spiro atoms. The average molecular weight is 440 g/mol. The van der Waals surface area contributed by atoms with Crippen LogP contribution in [0.3, 0.4) is 0 Å². The second kappa shape index (κ2) is 7.28. The number of halogens is 1. The molecule has 9 heteroatoms. The van der Waals surface area contributed by atoms with E-state index in [-0.39, 0.29) is 5.69 Å². The molecule has 4 aromatic rings. The van der Waals surface area contributed by atoms with Crippen molar-refractivity contribution >= 4 is 44.8 Å². The van der Waals surface area contributed by atoms with Gasteiger partial charge in [0.25, 0.3) is 5.69 Å². The molecule has 0 saturated carbocycles. The van der Waals surface area contributed by atoms with Gasteiger partial charge in [-0.2, -0.15) is 5.10 Å². The molecule has 0 bridgehead atoms. The summed E-state index contributed by atoms with van der Waals surface area (Å²) in [5.41, 5.74) is 5.52. The van der Waals surface area contributed by atoms with Crippen LogP contribution in [0.25, 0.3) is 22.4 Å². The zero-order chi connectivity index (χ0) is 19.7. The minimum absolute atomic E-state index is 0.00983. The number of furan rings is 1. The van der Waals surface area contributed by atoms with E-state index in [4.69, 9.17) is 4.42 Å². The molecule has 28 heavy (non-hydrogen) atoms. The number of benzene rings is 2. The smallest absolute Gasteiger partial charge is 0.270 e. The molecule has 8 nitrogen and oxygen atoms in total. The molecule has 1 N–H and O–H groups in total. The number of hydrogen-bond acceptors (Lipinski definition) is 6. The first-order valence-corrected chi connectivity index (χ1v) is 9.07. The van der Waals surface area contributed by atoms with Crippen LogP contribution in [0.4, 0.5) is 11.6 Å². The lowest BCUT2D eigenvalue weighted by Gasteiger charge is -2.01. The molecule has 0 fully saturated rings. The van der Waals surface area contributed by atoms with Crippen LogP contribution in [0.5, 0.6) is 0 Å². The maximum Gasteiger partial charge on any atom is 0.270 e. The minimum atomic E-state index is -0.443. The SMILES string of the molecule is Cn1c(N/N=C\c2ccc(-c3ccc([N+](=O)[O-])cc3Br)o2)nc2ccccc21. The molecule has 0 unspecified atom stereocenters. The highest BCUT2D eigenvalue weighted by molar-refractivity contribution is 9.10. The third-order valence-corrected chi connectivity index (χ3v) is 4.86. The summed E-state index contributed by atoms with van der Waals surface area (Å²) < 4.78 is 8.25. The summed E-state index contributed by atoms with van der Waals surface area (Å²) in [5, 5.41) is 15.0. The average Bonchev–Trinajstić information content (AvgIpc) is 3.27. The van der Waals surface area contributed by atoms with Crippen LogP contribution >= 0.6 is 15.9 Å². The Kier molecular flexibility index (Phi) is 4.66. The minimum Gasteiger partial charge on any atom is -0.455 e. The quantitative estimate of drug-likeness (QED) is 0.269. The number of nitro groups is 1. The summed E-state index contributed by atoms with van der Waals surface area (Å²) >= 11 is 3.35. The van der Waals surface area contributed by atoms with Gasteiger partial charge in [-0.05, 0) is 46.3 Å². The van der Waals surface area contributed by atoms with Crippen molar-refractivity contribution in [2.24, 2.45) is 12.1 Å². The van der Waals surface area contributed by atoms with Crippen molar-refractivity contribution in [3.05, 3.63) is 74.9 Å². The summed E-state index contributed by atoms with van der Waals surface area (Å²) in [4.78, 5) is 14.9. The van der Waals surface area contributed by atoms with Crippen molar-refractivity contribution in [2.75, 3.05) is 5.43 Å². The first kappa shape index (κ1) is 17.9. The third-order valence-electron chi connectivity index (χ3n) is 4.20. The summed E-state index contributed by atoms with van der Waals surface area (Å²) in [6.45, 7) is 0. The fraction of sp³-hybridized carbons (Fsp3) is 0.0526. The number of hydrogen-bond donors (Lipinski definition) is 1. The van der Waals surface area contributed by atoms with E-state index in [1.54, 1.807) is 24.4 Å². The highest BCUT2D eigenvalue weighted by Gasteiger charge is 2.13. The number of nitrogens with zero attached hydrogens (tertiary/aromatic N) is 4. The first-order valence-electron chi connectivity index (χ1n) is 8.27. The molecule has 2 aromatic carbocycles. The number of nitro benzene ring substituents is 1. The molecule has 0 amide bonds. The van der Waals surface area contributed by atoms with Gasteiger partial charge in [-0.15, -0.1) is 0 Å². The van der Waals surface area contributed by atoms with Gasteiger partial charge in [-0.25, -0.2) is 10.4 Å². The van der Waals surface area contributed by atoms with E-state index in [0.717, 1.165) is 11.0 Å². The Morgan fingerprint density at radius 2 is 2.07 bits per heavy atom. The van der Waals surface area contributed by atoms with E-state index in [1.165, 1.54) is 12.1 Å². The molecular weight excluding hydrogens is 426 g/mol. The monoisotopic (exact) mass is 439 g/mol. The highest BCUT2D eigenvalue weighted by atomic mass is 79.9. The number of rotatable bonds is 5. The Morgan fingerprint density at radius 1 is 1.25 bits per heavy atom. The molecular formula is C19H14BrN5O3. The van der Waals surface area contributed by atoms with Crippen LogP contribution in [0.2, 0.25) is 0 Å². The zero-order valence-corrected chi connectivity index (χ0v) is 16.3. The Labute approximate surface area is 167 Å². The molecule has 0 aliphatic rings. The van der Waals surface area contributed by atoms with Gasteiger partial charge in [0, 0.05) is 29.2 Å². The highest BCUT2D eigenvalue weighted by Crippen LogP contribution is 2.32. The van der Waals surface area contributed by atoms with Crippen LogP contribution in [-0.4, -0.2) is 20.7 Å². The predicted molar refractivity (Wildman–Crippen MR) is 110 cm³/mol. The lowest BCUT2D eigenvalue weighted by molar-refractivity contribution is -0.384. The van der Waals surface area contributed by atoms with Crippen LogP contribution in [0, 0.1) is 10.1 Å². The molecule has 0 aliphatic carbocycles. The number of hydrazone groups is 1. The number of para-hydroxylation sites is 2. The van der Waals surface area contributed by atoms with Gasteiger partial charge >= 0.3 is 0 Å². The Hall–Kier alpha value is -3.46. The van der Waals surface area contributed by atoms with E-state index < -0.39 is 4.92 Å². The van der Waals surface area contributed by atoms with Crippen LogP contribution in [0.15, 0.2) is 68.6 Å². The number of nitrogens with one attached hydrogen (secondary N) is 1. The summed E-state index contributed by atoms with van der Waals surface area (Å²) in [6.07, 6.45) is 1.54. The molecule has 2 heterocycles. The maximum atomic E-state index is 10.9. The van der Waals surface area contributed by atoms with Gasteiger partial charge in [0.05, 0.1) is 22.2 Å². The molecule has 4 rings (SSSR count). The summed E-state index contributed by atoms with van der Waals surface area (Å²) in [6, 6.07) is 15.9. The van der Waals surface area contributed by atoms with E-state index in [0.29, 0.717) is 27.5 Å². The normalized spacial score (nSPS) is 11.4. The molecule has 2 aromatic heterocycles. The topological polar surface area (TPSA) is 98.5 Å². The predicted octanol–water partition coefficient (Wildman–Crippen LogP) is 4.95. The fourth-order valence-corrected chi connectivity index (χ4v) is 3.35. The van der Waals surface area contributed by atoms with E-state index >= 15 is 0 Å². The van der Waals surface area contributed by atoms with Gasteiger partial charge in [0.2, 0.25) is 5.95 Å². The largest absolute Gasteiger partial charge is 0.455 e. The summed E-state index contributed by atoms with van der Waals surface area (Å²) in [7, 11) is 1.91. The Bertz CT molecular complexity index is 1210. The van der Waals surface area contributed by atoms with Crippen molar-refractivity contribution < 1.29 is 9.34 Å². The lowest BCUT2D eigenvalue weighted by atomic mass is 10.1. The molecule has 0 atom stereocenters. The van der Waals surface area contributed by atoms with Crippen molar-refractivity contribution in [1.82, 2.24) is 9.55 Å². The third kappa shape index (κ3) is 3.39. The van der Waals surface area contributed by atoms with Crippen molar-refractivity contribution in [2.45, 2.75) is 0 Å². The summed E-state index contributed by atoms with van der Waals surface area (Å²) in [5.74, 6) is 1.72. The van der Waals surface area contributed by atoms with Crippen LogP contribution < -0.4 is 5.43 Å². The van der Waals surface area contributed by atoms with Crippen LogP contribution in [-0.2, 0) is 7.05 Å². The fourth-order valence-electron chi connectivity index (χ4n) is 2.78. The lowest BCUT2D eigenvalue weighted by Crippen LogP contribution is -1.98. The Balaban J connectivity index is 1.51. The second-order valence-corrected chi connectivity index (χ2v) is 6.83. The van der Waals surface area contributed by atoms with Gasteiger partial charge in [-0.3, -0.25) is 10.1 Å². The first-order chi connectivity index (χ1) is 13.5. The molecule has 0 radical (unpaired) electrons. The molecule has 0 aliphatic heterocycles. The number of non-ortho nitro benzene ring substituents is 1. The van der Waals surface area contributed by atoms with Gasteiger partial charge in [0.15, 0.2) is 0 Å². The maximum absolute atomic E-state index is 10.9. The Morgan fingerprint density at radius 3 is 2.82 bits per heavy atom. The van der Waals surface area contributed by atoms with Crippen LogP contribution in [0.1, 0.15) is 5.76 Å². The number of anilines is 1. The number of aromatic nitrogens is 2. The van der Waals surface area contributed by atoms with E-state index in [9.17, 15) is 10.1 Å². The van der Waals surface area contributed by atoms with Gasteiger partial charge < -0.3 is 8.98 Å². The number of fused-ring (bicyclic) bond motifs is 1. The van der Waals surface area contributed by atoms with E-state index in [1.807, 2.05) is 35.9 Å². The van der Waals surface area contributed by atoms with Crippen molar-refractivity contribution in [3.8, 4) is 11.3 Å². The van der Waals surface area contributed by atoms with Gasteiger partial charge in [-0.1, -0.05) is 12.1 Å². The molecule has 140 valence electrons.